The van der Waals surface area contributed by atoms with E-state index < -0.39 is 0 Å². The Labute approximate surface area is 181 Å². The Morgan fingerprint density at radius 2 is 1.77 bits per heavy atom. The minimum Gasteiger partial charge on any atom is -0.493 e. The second-order valence-electron chi connectivity index (χ2n) is 7.18. The van der Waals surface area contributed by atoms with Crippen molar-refractivity contribution < 1.29 is 9.53 Å². The first kappa shape index (κ1) is 20.2. The number of nitrogens with zero attached hydrogens (tertiary/aromatic N) is 1. The molecule has 6 heteroatoms. The molecule has 0 spiro atoms. The van der Waals surface area contributed by atoms with E-state index in [1.54, 1.807) is 18.6 Å². The van der Waals surface area contributed by atoms with Crippen LogP contribution in [0.5, 0.6) is 5.75 Å². The molecule has 6 nitrogen and oxygen atoms in total. The van der Waals surface area contributed by atoms with Gasteiger partial charge in [-0.25, -0.2) is 4.98 Å². The van der Waals surface area contributed by atoms with Crippen LogP contribution in [0.25, 0.3) is 11.3 Å². The molecule has 0 fully saturated rings. The number of H-pyrrole nitrogens is 1. The molecule has 1 amide bonds. The van der Waals surface area contributed by atoms with E-state index in [4.69, 9.17) is 10.5 Å². The van der Waals surface area contributed by atoms with Crippen LogP contribution in [-0.4, -0.2) is 22.5 Å². The van der Waals surface area contributed by atoms with Crippen molar-refractivity contribution in [1.82, 2.24) is 9.97 Å². The first-order valence-electron chi connectivity index (χ1n) is 10.1. The van der Waals surface area contributed by atoms with E-state index in [9.17, 15) is 4.79 Å². The molecule has 1 aromatic heterocycles. The average molecular weight is 412 g/mol. The van der Waals surface area contributed by atoms with Crippen molar-refractivity contribution in [3.8, 4) is 17.0 Å². The number of benzene rings is 3. The summed E-state index contributed by atoms with van der Waals surface area (Å²) in [5, 5.41) is 2.91. The highest BCUT2D eigenvalue weighted by atomic mass is 16.5. The van der Waals surface area contributed by atoms with Gasteiger partial charge in [-0.15, -0.1) is 0 Å². The standard InChI is InChI=1S/C25H24N4O2/c26-22-7-3-1-5-19(22)15-25(30)29-20-11-9-18(10-12-20)13-14-31-24-8-4-2-6-21(24)23-16-27-17-28-23/h1-12,16-17H,13-15,26H2,(H,27,28)(H,29,30). The van der Waals surface area contributed by atoms with Crippen LogP contribution >= 0.6 is 0 Å². The van der Waals surface area contributed by atoms with Crippen molar-refractivity contribution in [2.24, 2.45) is 0 Å². The third-order valence-corrected chi connectivity index (χ3v) is 4.97. The van der Waals surface area contributed by atoms with Crippen LogP contribution in [0.3, 0.4) is 0 Å². The number of aromatic nitrogens is 2. The molecular weight excluding hydrogens is 388 g/mol. The van der Waals surface area contributed by atoms with E-state index in [0.717, 1.165) is 40.2 Å². The Bertz CT molecular complexity index is 1140. The fourth-order valence-corrected chi connectivity index (χ4v) is 3.33. The van der Waals surface area contributed by atoms with Crippen LogP contribution in [0.2, 0.25) is 0 Å². The Kier molecular flexibility index (Phi) is 6.28. The van der Waals surface area contributed by atoms with Crippen molar-refractivity contribution in [1.29, 1.82) is 0 Å². The predicted octanol–water partition coefficient (Wildman–Crippen LogP) is 4.46. The number of hydrogen-bond acceptors (Lipinski definition) is 4. The summed E-state index contributed by atoms with van der Waals surface area (Å²) in [6.07, 6.45) is 4.44. The number of hydrogen-bond donors (Lipinski definition) is 3. The number of para-hydroxylation sites is 2. The van der Waals surface area contributed by atoms with Gasteiger partial charge >= 0.3 is 0 Å². The largest absolute Gasteiger partial charge is 0.493 e. The van der Waals surface area contributed by atoms with Gasteiger partial charge in [0.15, 0.2) is 0 Å². The van der Waals surface area contributed by atoms with Crippen LogP contribution in [0.15, 0.2) is 85.3 Å². The normalized spacial score (nSPS) is 10.6. The number of carbonyl (C=O) groups is 1. The zero-order chi connectivity index (χ0) is 21.5. The second-order valence-corrected chi connectivity index (χ2v) is 7.18. The second kappa shape index (κ2) is 9.63. The van der Waals surface area contributed by atoms with Gasteiger partial charge in [0, 0.05) is 23.4 Å². The van der Waals surface area contributed by atoms with Crippen LogP contribution in [0.1, 0.15) is 11.1 Å². The topological polar surface area (TPSA) is 93.0 Å². The van der Waals surface area contributed by atoms with Gasteiger partial charge in [0.25, 0.3) is 0 Å². The molecule has 0 saturated carbocycles. The lowest BCUT2D eigenvalue weighted by atomic mass is 10.1. The summed E-state index contributed by atoms with van der Waals surface area (Å²) < 4.78 is 6.01. The van der Waals surface area contributed by atoms with E-state index in [0.29, 0.717) is 12.3 Å². The lowest BCUT2D eigenvalue weighted by molar-refractivity contribution is -0.115. The van der Waals surface area contributed by atoms with Gasteiger partial charge in [-0.2, -0.15) is 0 Å². The van der Waals surface area contributed by atoms with E-state index in [1.165, 1.54) is 0 Å². The van der Waals surface area contributed by atoms with Gasteiger partial charge in [-0.05, 0) is 41.5 Å². The lowest BCUT2D eigenvalue weighted by Crippen LogP contribution is -2.15. The summed E-state index contributed by atoms with van der Waals surface area (Å²) in [5.41, 5.74) is 11.2. The molecule has 0 radical (unpaired) electrons. The maximum atomic E-state index is 12.3. The maximum absolute atomic E-state index is 12.3. The molecule has 1 heterocycles. The molecule has 0 bridgehead atoms. The Morgan fingerprint density at radius 3 is 2.55 bits per heavy atom. The molecular formula is C25H24N4O2. The zero-order valence-corrected chi connectivity index (χ0v) is 17.0. The third-order valence-electron chi connectivity index (χ3n) is 4.97. The van der Waals surface area contributed by atoms with Gasteiger partial charge in [0.05, 0.1) is 31.2 Å². The number of carbonyl (C=O) groups excluding carboxylic acids is 1. The minimum absolute atomic E-state index is 0.0932. The third kappa shape index (κ3) is 5.30. The number of nitrogens with one attached hydrogen (secondary N) is 2. The molecule has 4 N–H and O–H groups in total. The van der Waals surface area contributed by atoms with Crippen molar-refractivity contribution in [3.63, 3.8) is 0 Å². The van der Waals surface area contributed by atoms with Crippen molar-refractivity contribution in [3.05, 3.63) is 96.4 Å². The summed E-state index contributed by atoms with van der Waals surface area (Å²) in [6.45, 7) is 0.546. The first-order valence-corrected chi connectivity index (χ1v) is 10.1. The molecule has 156 valence electrons. The highest BCUT2D eigenvalue weighted by molar-refractivity contribution is 5.93. The molecule has 4 aromatic rings. The first-order chi connectivity index (χ1) is 15.2. The minimum atomic E-state index is -0.0932. The maximum Gasteiger partial charge on any atom is 0.228 e. The fourth-order valence-electron chi connectivity index (χ4n) is 3.33. The number of ether oxygens (including phenoxy) is 1. The van der Waals surface area contributed by atoms with Crippen molar-refractivity contribution in [2.45, 2.75) is 12.8 Å². The molecule has 0 saturated heterocycles. The Balaban J connectivity index is 1.30. The number of nitrogen functional groups attached to an aromatic ring is 1. The van der Waals surface area contributed by atoms with Gasteiger partial charge in [0.2, 0.25) is 5.91 Å². The quantitative estimate of drug-likeness (QED) is 0.373. The van der Waals surface area contributed by atoms with Crippen LogP contribution in [0, 0.1) is 0 Å². The number of imidazole rings is 1. The molecule has 3 aromatic carbocycles. The summed E-state index contributed by atoms with van der Waals surface area (Å²) in [6, 6.07) is 23.1. The van der Waals surface area contributed by atoms with Gasteiger partial charge in [-0.3, -0.25) is 4.79 Å². The number of aromatic amines is 1. The molecule has 0 atom stereocenters. The molecule has 31 heavy (non-hydrogen) atoms. The van der Waals surface area contributed by atoms with Crippen LogP contribution in [0.4, 0.5) is 11.4 Å². The van der Waals surface area contributed by atoms with Gasteiger partial charge in [-0.1, -0.05) is 42.5 Å². The van der Waals surface area contributed by atoms with Crippen LogP contribution in [-0.2, 0) is 17.6 Å². The van der Waals surface area contributed by atoms with Crippen molar-refractivity contribution in [2.75, 3.05) is 17.7 Å². The van der Waals surface area contributed by atoms with E-state index in [2.05, 4.69) is 15.3 Å². The van der Waals surface area contributed by atoms with Gasteiger partial charge < -0.3 is 20.8 Å². The molecule has 0 aliphatic rings. The highest BCUT2D eigenvalue weighted by Gasteiger charge is 2.08. The monoisotopic (exact) mass is 412 g/mol. The Morgan fingerprint density at radius 1 is 1.00 bits per heavy atom. The van der Waals surface area contributed by atoms with Crippen molar-refractivity contribution >= 4 is 17.3 Å². The molecule has 4 rings (SSSR count). The smallest absolute Gasteiger partial charge is 0.228 e. The summed E-state index contributed by atoms with van der Waals surface area (Å²) in [5.74, 6) is 0.722. The summed E-state index contributed by atoms with van der Waals surface area (Å²) in [7, 11) is 0. The van der Waals surface area contributed by atoms with Crippen LogP contribution < -0.4 is 15.8 Å². The van der Waals surface area contributed by atoms with E-state index >= 15 is 0 Å². The summed E-state index contributed by atoms with van der Waals surface area (Å²) in [4.78, 5) is 19.5. The number of anilines is 2. The number of amides is 1. The zero-order valence-electron chi connectivity index (χ0n) is 17.0. The van der Waals surface area contributed by atoms with Gasteiger partial charge in [0.1, 0.15) is 5.75 Å². The average Bonchev–Trinajstić information content (AvgIpc) is 3.32. The fraction of sp³-hybridized carbons (Fsp3) is 0.120. The number of rotatable bonds is 8. The van der Waals surface area contributed by atoms with E-state index in [1.807, 2.05) is 66.7 Å². The SMILES string of the molecule is Nc1ccccc1CC(=O)Nc1ccc(CCOc2ccccc2-c2cnc[nH]2)cc1. The van der Waals surface area contributed by atoms with E-state index in [-0.39, 0.29) is 12.3 Å². The Hall–Kier alpha value is -4.06. The molecule has 0 unspecified atom stereocenters. The highest BCUT2D eigenvalue weighted by Crippen LogP contribution is 2.28. The number of nitrogens with two attached hydrogens (primary N) is 1. The molecule has 0 aliphatic heterocycles. The molecule has 0 aliphatic carbocycles. The lowest BCUT2D eigenvalue weighted by Gasteiger charge is -2.11. The predicted molar refractivity (Wildman–Crippen MR) is 123 cm³/mol. The summed E-state index contributed by atoms with van der Waals surface area (Å²) >= 11 is 0.